The number of carboxylic acid groups (broad SMARTS) is 1. The maximum Gasteiger partial charge on any atom is 0.512 e. The van der Waals surface area contributed by atoms with E-state index in [0.29, 0.717) is 10.6 Å². The minimum Gasteiger partial charge on any atom is -0.449 e. The van der Waals surface area contributed by atoms with Crippen molar-refractivity contribution in [1.82, 2.24) is 4.98 Å². The lowest BCUT2D eigenvalue weighted by molar-refractivity contribution is 0.146. The van der Waals surface area contributed by atoms with E-state index in [-0.39, 0.29) is 15.8 Å². The Hall–Kier alpha value is -2.91. The summed E-state index contributed by atoms with van der Waals surface area (Å²) in [4.78, 5) is 15.3. The number of hydrogen-bond acceptors (Lipinski definition) is 6. The van der Waals surface area contributed by atoms with Crippen molar-refractivity contribution in [2.24, 2.45) is 0 Å². The Morgan fingerprint density at radius 2 is 1.85 bits per heavy atom. The summed E-state index contributed by atoms with van der Waals surface area (Å²) in [6, 6.07) is 13.9. The smallest absolute Gasteiger partial charge is 0.449 e. The summed E-state index contributed by atoms with van der Waals surface area (Å²) in [5.74, 6) is -0.166. The van der Waals surface area contributed by atoms with Crippen LogP contribution >= 0.6 is 11.3 Å². The average Bonchev–Trinajstić information content (AvgIpc) is 2.96. The van der Waals surface area contributed by atoms with E-state index in [2.05, 4.69) is 9.71 Å². The van der Waals surface area contributed by atoms with Crippen molar-refractivity contribution < 1.29 is 23.1 Å². The largest absolute Gasteiger partial charge is 0.512 e. The molecule has 0 atom stereocenters. The number of carbonyl (C=O) groups is 1. The zero-order valence-corrected chi connectivity index (χ0v) is 16.1. The number of rotatable bonds is 5. The third kappa shape index (κ3) is 4.26. The zero-order valence-electron chi connectivity index (χ0n) is 14.5. The van der Waals surface area contributed by atoms with E-state index >= 15 is 0 Å². The van der Waals surface area contributed by atoms with Crippen LogP contribution in [-0.2, 0) is 10.0 Å². The Morgan fingerprint density at radius 1 is 1.15 bits per heavy atom. The second-order valence-corrected chi connectivity index (χ2v) is 8.38. The van der Waals surface area contributed by atoms with E-state index in [9.17, 15) is 13.2 Å². The number of hydrogen-bond donors (Lipinski definition) is 2. The summed E-state index contributed by atoms with van der Waals surface area (Å²) < 4.78 is 32.6. The molecule has 9 heteroatoms. The quantitative estimate of drug-likeness (QED) is 0.615. The van der Waals surface area contributed by atoms with Crippen LogP contribution in [0.4, 0.5) is 10.6 Å². The summed E-state index contributed by atoms with van der Waals surface area (Å²) in [6.07, 6.45) is -1.55. The molecule has 0 amide bonds. The Morgan fingerprint density at radius 3 is 2.48 bits per heavy atom. The molecule has 0 fully saturated rings. The minimum atomic E-state index is -3.97. The van der Waals surface area contributed by atoms with Crippen LogP contribution in [0, 0.1) is 13.8 Å². The van der Waals surface area contributed by atoms with E-state index in [1.807, 2.05) is 13.0 Å². The van der Waals surface area contributed by atoms with Gasteiger partial charge >= 0.3 is 6.16 Å². The molecule has 2 N–H and O–H groups in total. The zero-order chi connectivity index (χ0) is 19.6. The molecule has 2 aromatic carbocycles. The first kappa shape index (κ1) is 18.9. The molecule has 0 aliphatic carbocycles. The lowest BCUT2D eigenvalue weighted by Gasteiger charge is -2.10. The third-order valence-corrected chi connectivity index (χ3v) is 6.13. The van der Waals surface area contributed by atoms with Gasteiger partial charge in [0, 0.05) is 5.56 Å². The second-order valence-electron chi connectivity index (χ2n) is 5.76. The van der Waals surface area contributed by atoms with Crippen LogP contribution < -0.4 is 9.46 Å². The van der Waals surface area contributed by atoms with Crippen LogP contribution in [-0.4, -0.2) is 24.7 Å². The number of aryl methyl sites for hydroxylation is 2. The molecule has 27 heavy (non-hydrogen) atoms. The molecule has 0 bridgehead atoms. The van der Waals surface area contributed by atoms with Crippen LogP contribution in [0.5, 0.6) is 5.06 Å². The van der Waals surface area contributed by atoms with Crippen LogP contribution in [0.2, 0.25) is 0 Å². The van der Waals surface area contributed by atoms with Gasteiger partial charge in [0.15, 0.2) is 5.82 Å². The van der Waals surface area contributed by atoms with E-state index < -0.39 is 16.2 Å². The molecule has 1 heterocycles. The molecule has 140 valence electrons. The molecule has 0 spiro atoms. The predicted molar refractivity (Wildman–Crippen MR) is 103 cm³/mol. The molecule has 0 saturated heterocycles. The first-order valence-corrected chi connectivity index (χ1v) is 10.1. The monoisotopic (exact) mass is 404 g/mol. The fourth-order valence-electron chi connectivity index (χ4n) is 2.51. The van der Waals surface area contributed by atoms with Crippen molar-refractivity contribution in [3.05, 3.63) is 59.7 Å². The average molecular weight is 404 g/mol. The van der Waals surface area contributed by atoms with Gasteiger partial charge in [-0.3, -0.25) is 4.72 Å². The van der Waals surface area contributed by atoms with Crippen LogP contribution in [0.15, 0.2) is 53.4 Å². The molecular weight excluding hydrogens is 388 g/mol. The fraction of sp³-hybridized carbons (Fsp3) is 0.111. The number of nitrogens with zero attached hydrogens (tertiary/aromatic N) is 1. The Balaban J connectivity index is 2.02. The fourth-order valence-corrected chi connectivity index (χ4v) is 4.68. The van der Waals surface area contributed by atoms with Gasteiger partial charge in [-0.2, -0.15) is 0 Å². The lowest BCUT2D eigenvalue weighted by atomic mass is 10.2. The molecule has 0 aliphatic heterocycles. The molecule has 0 radical (unpaired) electrons. The van der Waals surface area contributed by atoms with E-state index in [0.717, 1.165) is 22.5 Å². The third-order valence-electron chi connectivity index (χ3n) is 3.65. The van der Waals surface area contributed by atoms with Gasteiger partial charge in [0.2, 0.25) is 5.06 Å². The van der Waals surface area contributed by atoms with E-state index in [4.69, 9.17) is 9.84 Å². The summed E-state index contributed by atoms with van der Waals surface area (Å²) in [5.41, 5.74) is 2.22. The SMILES string of the molecule is Cc1ccc(S(=O)(=O)Nc2nc(-c3ccccc3)sc2OC(=O)O)c(C)c1. The Labute approximate surface area is 160 Å². The standard InChI is InChI=1S/C18H16N2O5S2/c1-11-8-9-14(12(2)10-11)27(23,24)20-15-17(25-18(21)22)26-16(19-15)13-6-4-3-5-7-13/h3-10,20H,1-2H3,(H,21,22). The van der Waals surface area contributed by atoms with Gasteiger partial charge in [-0.1, -0.05) is 59.4 Å². The summed E-state index contributed by atoms with van der Waals surface area (Å²) in [7, 11) is -3.97. The van der Waals surface area contributed by atoms with Crippen molar-refractivity contribution in [3.8, 4) is 15.6 Å². The maximum absolute atomic E-state index is 12.8. The number of nitrogens with one attached hydrogen (secondary N) is 1. The number of thiazole rings is 1. The van der Waals surface area contributed by atoms with Crippen LogP contribution in [0.25, 0.3) is 10.6 Å². The van der Waals surface area contributed by atoms with Gasteiger partial charge in [-0.15, -0.1) is 0 Å². The summed E-state index contributed by atoms with van der Waals surface area (Å²) in [6.45, 7) is 3.55. The van der Waals surface area contributed by atoms with Crippen molar-refractivity contribution >= 4 is 33.3 Å². The minimum absolute atomic E-state index is 0.0867. The van der Waals surface area contributed by atoms with E-state index in [1.165, 1.54) is 6.07 Å². The molecule has 3 rings (SSSR count). The number of ether oxygens (including phenoxy) is 1. The van der Waals surface area contributed by atoms with Gasteiger partial charge < -0.3 is 9.84 Å². The lowest BCUT2D eigenvalue weighted by Crippen LogP contribution is -2.15. The van der Waals surface area contributed by atoms with Gasteiger partial charge in [0.25, 0.3) is 10.0 Å². The van der Waals surface area contributed by atoms with Crippen LogP contribution in [0.3, 0.4) is 0 Å². The number of aromatic nitrogens is 1. The molecule has 1 aromatic heterocycles. The Bertz CT molecular complexity index is 1090. The highest BCUT2D eigenvalue weighted by Crippen LogP contribution is 2.38. The first-order valence-electron chi connectivity index (χ1n) is 7.83. The molecular formula is C18H16N2O5S2. The molecule has 3 aromatic rings. The predicted octanol–water partition coefficient (Wildman–Crippen LogP) is 4.28. The highest BCUT2D eigenvalue weighted by Gasteiger charge is 2.24. The second kappa shape index (κ2) is 7.37. The van der Waals surface area contributed by atoms with Crippen molar-refractivity contribution in [2.75, 3.05) is 4.72 Å². The Kier molecular flexibility index (Phi) is 5.15. The van der Waals surface area contributed by atoms with E-state index in [1.54, 1.807) is 43.3 Å². The van der Waals surface area contributed by atoms with Crippen molar-refractivity contribution in [3.63, 3.8) is 0 Å². The molecule has 0 saturated carbocycles. The molecule has 0 unspecified atom stereocenters. The van der Waals surface area contributed by atoms with Crippen molar-refractivity contribution in [2.45, 2.75) is 18.7 Å². The molecule has 0 aliphatic rings. The van der Waals surface area contributed by atoms with Gasteiger partial charge in [-0.25, -0.2) is 18.2 Å². The maximum atomic E-state index is 12.8. The highest BCUT2D eigenvalue weighted by molar-refractivity contribution is 7.92. The van der Waals surface area contributed by atoms with Crippen molar-refractivity contribution in [1.29, 1.82) is 0 Å². The van der Waals surface area contributed by atoms with Gasteiger partial charge in [0.1, 0.15) is 5.01 Å². The van der Waals surface area contributed by atoms with Crippen LogP contribution in [0.1, 0.15) is 11.1 Å². The summed E-state index contributed by atoms with van der Waals surface area (Å²) >= 11 is 0.942. The summed E-state index contributed by atoms with van der Waals surface area (Å²) in [5, 5.41) is 9.23. The van der Waals surface area contributed by atoms with Gasteiger partial charge in [-0.05, 0) is 25.5 Å². The number of sulfonamides is 1. The number of benzene rings is 2. The normalized spacial score (nSPS) is 11.2. The van der Waals surface area contributed by atoms with Gasteiger partial charge in [0.05, 0.1) is 4.90 Å². The molecule has 7 nitrogen and oxygen atoms in total. The first-order chi connectivity index (χ1) is 12.8. The highest BCUT2D eigenvalue weighted by atomic mass is 32.2. The topological polar surface area (TPSA) is 106 Å². The number of anilines is 1.